The average molecular weight is 371 g/mol. The lowest BCUT2D eigenvalue weighted by Gasteiger charge is -2.19. The van der Waals surface area contributed by atoms with E-state index in [4.69, 9.17) is 5.73 Å². The molecule has 0 saturated heterocycles. The highest BCUT2D eigenvalue weighted by molar-refractivity contribution is 5.87. The Morgan fingerprint density at radius 1 is 0.929 bits per heavy atom. The molecule has 0 aliphatic carbocycles. The fourth-order valence-electron chi connectivity index (χ4n) is 2.61. The zero-order chi connectivity index (χ0) is 20.1. The molecule has 3 rings (SSSR count). The fraction of sp³-hybridized carbons (Fsp3) is 0.143. The van der Waals surface area contributed by atoms with Crippen LogP contribution in [0, 0.1) is 11.3 Å². The second-order valence-corrected chi connectivity index (χ2v) is 6.37. The Labute approximate surface area is 164 Å². The van der Waals surface area contributed by atoms with E-state index in [1.165, 1.54) is 0 Å². The molecule has 7 nitrogen and oxygen atoms in total. The van der Waals surface area contributed by atoms with Gasteiger partial charge in [-0.2, -0.15) is 20.2 Å². The van der Waals surface area contributed by atoms with Crippen molar-refractivity contribution in [3.63, 3.8) is 0 Å². The second-order valence-electron chi connectivity index (χ2n) is 6.37. The Balaban J connectivity index is 1.89. The first-order chi connectivity index (χ1) is 13.5. The van der Waals surface area contributed by atoms with E-state index < -0.39 is 0 Å². The molecule has 1 aromatic heterocycles. The van der Waals surface area contributed by atoms with Crippen molar-refractivity contribution in [2.24, 2.45) is 0 Å². The van der Waals surface area contributed by atoms with Crippen molar-refractivity contribution in [3.8, 4) is 6.07 Å². The molecule has 0 amide bonds. The zero-order valence-corrected chi connectivity index (χ0v) is 16.0. The number of para-hydroxylation sites is 1. The summed E-state index contributed by atoms with van der Waals surface area (Å²) in [5, 5.41) is 9.57. The molecule has 0 unspecified atom stereocenters. The highest BCUT2D eigenvalue weighted by Crippen LogP contribution is 2.24. The normalized spacial score (nSPS) is 11.0. The maximum absolute atomic E-state index is 9.57. The number of nitrogen functional groups attached to an aromatic ring is 1. The molecule has 7 heteroatoms. The topological polar surface area (TPSA) is 95.0 Å². The van der Waals surface area contributed by atoms with Gasteiger partial charge in [-0.1, -0.05) is 30.3 Å². The minimum atomic E-state index is 0.0784. The molecule has 0 aliphatic heterocycles. The first-order valence-corrected chi connectivity index (χ1v) is 8.68. The van der Waals surface area contributed by atoms with Crippen LogP contribution in [0.1, 0.15) is 11.4 Å². The van der Waals surface area contributed by atoms with Crippen LogP contribution >= 0.6 is 0 Å². The van der Waals surface area contributed by atoms with E-state index in [0.717, 1.165) is 16.9 Å². The van der Waals surface area contributed by atoms with E-state index in [2.05, 4.69) is 38.1 Å². The van der Waals surface area contributed by atoms with Crippen molar-refractivity contribution in [1.29, 1.82) is 5.26 Å². The highest BCUT2D eigenvalue weighted by atomic mass is 15.3. The maximum atomic E-state index is 9.57. The number of rotatable bonds is 5. The van der Waals surface area contributed by atoms with Gasteiger partial charge < -0.3 is 15.5 Å². The van der Waals surface area contributed by atoms with Crippen LogP contribution < -0.4 is 15.5 Å². The summed E-state index contributed by atoms with van der Waals surface area (Å²) in [6.07, 6.45) is 1.74. The fourth-order valence-corrected chi connectivity index (χ4v) is 2.61. The molecule has 0 fully saturated rings. The van der Waals surface area contributed by atoms with Crippen LogP contribution in [-0.4, -0.2) is 36.1 Å². The van der Waals surface area contributed by atoms with Gasteiger partial charge in [0.25, 0.3) is 0 Å². The van der Waals surface area contributed by atoms with Crippen LogP contribution in [0.25, 0.3) is 11.6 Å². The number of aromatic nitrogens is 3. The lowest BCUT2D eigenvalue weighted by atomic mass is 10.1. The van der Waals surface area contributed by atoms with E-state index >= 15 is 0 Å². The van der Waals surface area contributed by atoms with Crippen molar-refractivity contribution < 1.29 is 0 Å². The standard InChI is InChI=1S/C21H21N7/c1-27(2)21-25-19(24-20(23)26-21)16(14-22)13-15-9-11-18(12-10-15)28(3)17-7-5-4-6-8-17/h4-13H,1-3H3,(H2,23,24,25,26). The summed E-state index contributed by atoms with van der Waals surface area (Å²) in [7, 11) is 5.61. The number of nitrogens with two attached hydrogens (primary N) is 1. The Morgan fingerprint density at radius 3 is 2.18 bits per heavy atom. The molecule has 0 saturated carbocycles. The van der Waals surface area contributed by atoms with Crippen molar-refractivity contribution in [2.45, 2.75) is 0 Å². The van der Waals surface area contributed by atoms with Crippen molar-refractivity contribution in [2.75, 3.05) is 36.7 Å². The van der Waals surface area contributed by atoms with Gasteiger partial charge in [0.2, 0.25) is 11.9 Å². The molecular weight excluding hydrogens is 350 g/mol. The smallest absolute Gasteiger partial charge is 0.230 e. The van der Waals surface area contributed by atoms with Crippen LogP contribution in [0.5, 0.6) is 0 Å². The van der Waals surface area contributed by atoms with Gasteiger partial charge in [0.1, 0.15) is 6.07 Å². The third-order valence-electron chi connectivity index (χ3n) is 4.14. The van der Waals surface area contributed by atoms with Crippen molar-refractivity contribution in [1.82, 2.24) is 15.0 Å². The van der Waals surface area contributed by atoms with Gasteiger partial charge in [0.05, 0.1) is 5.57 Å². The van der Waals surface area contributed by atoms with E-state index in [1.807, 2.05) is 49.5 Å². The highest BCUT2D eigenvalue weighted by Gasteiger charge is 2.11. The Bertz CT molecular complexity index is 1020. The van der Waals surface area contributed by atoms with Crippen LogP contribution in [0.4, 0.5) is 23.3 Å². The second kappa shape index (κ2) is 8.18. The summed E-state index contributed by atoms with van der Waals surface area (Å²) < 4.78 is 0. The van der Waals surface area contributed by atoms with Gasteiger partial charge in [-0.05, 0) is 35.9 Å². The van der Waals surface area contributed by atoms with Crippen LogP contribution in [0.2, 0.25) is 0 Å². The lowest BCUT2D eigenvalue weighted by molar-refractivity contribution is 0.952. The number of nitrogens with zero attached hydrogens (tertiary/aromatic N) is 6. The third kappa shape index (κ3) is 4.24. The molecule has 0 atom stereocenters. The van der Waals surface area contributed by atoms with E-state index in [0.29, 0.717) is 11.5 Å². The minimum Gasteiger partial charge on any atom is -0.368 e. The van der Waals surface area contributed by atoms with Gasteiger partial charge in [0.15, 0.2) is 5.82 Å². The quantitative estimate of drug-likeness (QED) is 0.687. The van der Waals surface area contributed by atoms with Gasteiger partial charge in [-0.3, -0.25) is 0 Å². The first-order valence-electron chi connectivity index (χ1n) is 8.68. The molecular formula is C21H21N7. The predicted molar refractivity (Wildman–Crippen MR) is 113 cm³/mol. The van der Waals surface area contributed by atoms with Crippen LogP contribution in [0.3, 0.4) is 0 Å². The number of benzene rings is 2. The maximum Gasteiger partial charge on any atom is 0.230 e. The van der Waals surface area contributed by atoms with Crippen molar-refractivity contribution in [3.05, 3.63) is 66.0 Å². The van der Waals surface area contributed by atoms with E-state index in [1.54, 1.807) is 25.1 Å². The third-order valence-corrected chi connectivity index (χ3v) is 4.14. The molecule has 0 aliphatic rings. The number of anilines is 4. The van der Waals surface area contributed by atoms with E-state index in [9.17, 15) is 5.26 Å². The summed E-state index contributed by atoms with van der Waals surface area (Å²) in [6, 6.07) is 20.1. The predicted octanol–water partition coefficient (Wildman–Crippen LogP) is 3.35. The average Bonchev–Trinajstić information content (AvgIpc) is 2.72. The molecule has 28 heavy (non-hydrogen) atoms. The van der Waals surface area contributed by atoms with Gasteiger partial charge in [-0.15, -0.1) is 0 Å². The number of allylic oxidation sites excluding steroid dienone is 1. The molecule has 2 N–H and O–H groups in total. The molecule has 3 aromatic rings. The van der Waals surface area contributed by atoms with Crippen LogP contribution in [0.15, 0.2) is 54.6 Å². The lowest BCUT2D eigenvalue weighted by Crippen LogP contribution is -2.15. The summed E-state index contributed by atoms with van der Waals surface area (Å²) in [6.45, 7) is 0. The number of nitriles is 1. The summed E-state index contributed by atoms with van der Waals surface area (Å²) in [5.74, 6) is 0.738. The summed E-state index contributed by atoms with van der Waals surface area (Å²) >= 11 is 0. The SMILES string of the molecule is CN(C)c1nc(N)nc(C(C#N)=Cc2ccc(N(C)c3ccccc3)cc2)n1. The van der Waals surface area contributed by atoms with Crippen molar-refractivity contribution >= 4 is 34.9 Å². The molecule has 0 bridgehead atoms. The minimum absolute atomic E-state index is 0.0784. The monoisotopic (exact) mass is 371 g/mol. The Morgan fingerprint density at radius 2 is 1.57 bits per heavy atom. The Hall–Kier alpha value is -3.92. The largest absolute Gasteiger partial charge is 0.368 e. The first kappa shape index (κ1) is 18.9. The number of hydrogen-bond donors (Lipinski definition) is 1. The Kier molecular flexibility index (Phi) is 5.51. The van der Waals surface area contributed by atoms with Crippen LogP contribution in [-0.2, 0) is 0 Å². The molecule has 140 valence electrons. The molecule has 1 heterocycles. The van der Waals surface area contributed by atoms with E-state index in [-0.39, 0.29) is 11.8 Å². The van der Waals surface area contributed by atoms with Gasteiger partial charge in [0, 0.05) is 32.5 Å². The molecule has 0 radical (unpaired) electrons. The molecule has 0 spiro atoms. The molecule has 2 aromatic carbocycles. The summed E-state index contributed by atoms with van der Waals surface area (Å²) in [4.78, 5) is 16.3. The van der Waals surface area contributed by atoms with Gasteiger partial charge >= 0.3 is 0 Å². The summed E-state index contributed by atoms with van der Waals surface area (Å²) in [5.41, 5.74) is 9.09. The number of hydrogen-bond acceptors (Lipinski definition) is 7. The zero-order valence-electron chi connectivity index (χ0n) is 16.0. The van der Waals surface area contributed by atoms with Gasteiger partial charge in [-0.25, -0.2) is 0 Å².